The highest BCUT2D eigenvalue weighted by atomic mass is 16.5. The van der Waals surface area contributed by atoms with Gasteiger partial charge in [0.1, 0.15) is 0 Å². The lowest BCUT2D eigenvalue weighted by Crippen LogP contribution is -2.08. The first kappa shape index (κ1) is 14.6. The number of aromatic nitrogens is 2. The van der Waals surface area contributed by atoms with Gasteiger partial charge in [0.25, 0.3) is 0 Å². The van der Waals surface area contributed by atoms with Crippen molar-refractivity contribution in [1.29, 1.82) is 0 Å². The second-order valence-electron chi connectivity index (χ2n) is 4.46. The summed E-state index contributed by atoms with van der Waals surface area (Å²) in [7, 11) is 3.41. The quantitative estimate of drug-likeness (QED) is 0.804. The van der Waals surface area contributed by atoms with Crippen LogP contribution in [0.3, 0.4) is 0 Å². The van der Waals surface area contributed by atoms with Gasteiger partial charge in [-0.15, -0.1) is 0 Å². The van der Waals surface area contributed by atoms with Gasteiger partial charge in [0.05, 0.1) is 13.2 Å². The molecule has 5 nitrogen and oxygen atoms in total. The molecule has 0 aliphatic heterocycles. The third-order valence-corrected chi connectivity index (χ3v) is 3.09. The van der Waals surface area contributed by atoms with Crippen molar-refractivity contribution in [3.63, 3.8) is 0 Å². The van der Waals surface area contributed by atoms with E-state index in [1.165, 1.54) is 5.56 Å². The molecule has 0 unspecified atom stereocenters. The number of anilines is 2. The number of hydrogen-bond acceptors (Lipinski definition) is 4. The number of nitrogens with zero attached hydrogens (tertiary/aromatic N) is 2. The Morgan fingerprint density at radius 1 is 1.15 bits per heavy atom. The van der Waals surface area contributed by atoms with E-state index in [2.05, 4.69) is 22.4 Å². The SMILES string of the molecule is COCCc1ccccc1Nc1nccn1CCOC. The summed E-state index contributed by atoms with van der Waals surface area (Å²) in [6.45, 7) is 2.15. The topological polar surface area (TPSA) is 48.3 Å². The van der Waals surface area contributed by atoms with E-state index < -0.39 is 0 Å². The fraction of sp³-hybridized carbons (Fsp3) is 0.400. The molecule has 2 aromatic rings. The van der Waals surface area contributed by atoms with Crippen LogP contribution in [0.4, 0.5) is 11.6 Å². The van der Waals surface area contributed by atoms with Crippen LogP contribution in [0.25, 0.3) is 0 Å². The summed E-state index contributed by atoms with van der Waals surface area (Å²) < 4.78 is 12.3. The van der Waals surface area contributed by atoms with E-state index in [4.69, 9.17) is 9.47 Å². The van der Waals surface area contributed by atoms with E-state index in [1.807, 2.05) is 22.9 Å². The first-order valence-corrected chi connectivity index (χ1v) is 6.69. The number of nitrogens with one attached hydrogen (secondary N) is 1. The molecule has 0 fully saturated rings. The number of benzene rings is 1. The van der Waals surface area contributed by atoms with Gasteiger partial charge in [0.15, 0.2) is 0 Å². The summed E-state index contributed by atoms with van der Waals surface area (Å²) in [6, 6.07) is 8.21. The molecule has 108 valence electrons. The van der Waals surface area contributed by atoms with Gasteiger partial charge in [-0.1, -0.05) is 18.2 Å². The minimum absolute atomic E-state index is 0.663. The molecule has 2 rings (SSSR count). The van der Waals surface area contributed by atoms with Crippen molar-refractivity contribution in [3.8, 4) is 0 Å². The Labute approximate surface area is 119 Å². The summed E-state index contributed by atoms with van der Waals surface area (Å²) in [6.07, 6.45) is 4.60. The highest BCUT2D eigenvalue weighted by Crippen LogP contribution is 2.20. The average molecular weight is 275 g/mol. The highest BCUT2D eigenvalue weighted by molar-refractivity contribution is 5.58. The third kappa shape index (κ3) is 3.82. The van der Waals surface area contributed by atoms with E-state index in [1.54, 1.807) is 20.4 Å². The van der Waals surface area contributed by atoms with Crippen molar-refractivity contribution in [2.45, 2.75) is 13.0 Å². The Morgan fingerprint density at radius 2 is 1.95 bits per heavy atom. The third-order valence-electron chi connectivity index (χ3n) is 3.09. The molecule has 0 radical (unpaired) electrons. The number of ether oxygens (including phenoxy) is 2. The maximum atomic E-state index is 5.15. The molecule has 0 spiro atoms. The van der Waals surface area contributed by atoms with E-state index in [0.29, 0.717) is 13.2 Å². The Morgan fingerprint density at radius 3 is 2.75 bits per heavy atom. The van der Waals surface area contributed by atoms with Gasteiger partial charge in [-0.05, 0) is 18.1 Å². The normalized spacial score (nSPS) is 10.7. The van der Waals surface area contributed by atoms with E-state index in [-0.39, 0.29) is 0 Å². The predicted molar refractivity (Wildman–Crippen MR) is 79.4 cm³/mol. The molecule has 0 atom stereocenters. The molecule has 0 amide bonds. The lowest BCUT2D eigenvalue weighted by Gasteiger charge is -2.13. The summed E-state index contributed by atoms with van der Waals surface area (Å²) >= 11 is 0. The Balaban J connectivity index is 2.11. The number of rotatable bonds is 8. The zero-order chi connectivity index (χ0) is 14.2. The molecule has 20 heavy (non-hydrogen) atoms. The maximum absolute atomic E-state index is 5.15. The first-order chi connectivity index (χ1) is 9.85. The van der Waals surface area contributed by atoms with Gasteiger partial charge in [-0.25, -0.2) is 4.98 Å². The maximum Gasteiger partial charge on any atom is 0.207 e. The zero-order valence-electron chi connectivity index (χ0n) is 12.0. The fourth-order valence-corrected chi connectivity index (χ4v) is 2.00. The molecule has 0 saturated heterocycles. The summed E-state index contributed by atoms with van der Waals surface area (Å²) in [4.78, 5) is 4.35. The van der Waals surface area contributed by atoms with Crippen LogP contribution >= 0.6 is 0 Å². The van der Waals surface area contributed by atoms with Crippen LogP contribution in [-0.4, -0.2) is 37.0 Å². The van der Waals surface area contributed by atoms with Crippen LogP contribution in [0.1, 0.15) is 5.56 Å². The molecular formula is C15H21N3O2. The van der Waals surface area contributed by atoms with E-state index in [9.17, 15) is 0 Å². The van der Waals surface area contributed by atoms with Crippen LogP contribution in [-0.2, 0) is 22.4 Å². The van der Waals surface area contributed by atoms with Crippen LogP contribution in [0.5, 0.6) is 0 Å². The molecule has 0 aliphatic rings. The van der Waals surface area contributed by atoms with Gasteiger partial charge >= 0.3 is 0 Å². The molecular weight excluding hydrogens is 254 g/mol. The number of methoxy groups -OCH3 is 2. The van der Waals surface area contributed by atoms with Crippen LogP contribution in [0, 0.1) is 0 Å². The second-order valence-corrected chi connectivity index (χ2v) is 4.46. The van der Waals surface area contributed by atoms with Gasteiger partial charge in [-0.2, -0.15) is 0 Å². The smallest absolute Gasteiger partial charge is 0.207 e. The molecule has 5 heteroatoms. The second kappa shape index (κ2) is 7.67. The minimum Gasteiger partial charge on any atom is -0.384 e. The highest BCUT2D eigenvalue weighted by Gasteiger charge is 2.06. The average Bonchev–Trinajstić information content (AvgIpc) is 2.91. The Bertz CT molecular complexity index is 525. The van der Waals surface area contributed by atoms with Crippen LogP contribution < -0.4 is 5.32 Å². The van der Waals surface area contributed by atoms with Crippen molar-refractivity contribution >= 4 is 11.6 Å². The molecule has 1 heterocycles. The minimum atomic E-state index is 0.663. The number of imidazole rings is 1. The molecule has 1 N–H and O–H groups in total. The van der Waals surface area contributed by atoms with Gasteiger partial charge in [-0.3, -0.25) is 0 Å². The Kier molecular flexibility index (Phi) is 5.58. The predicted octanol–water partition coefficient (Wildman–Crippen LogP) is 2.46. The molecule has 1 aromatic heterocycles. The van der Waals surface area contributed by atoms with Crippen LogP contribution in [0.2, 0.25) is 0 Å². The molecule has 0 aliphatic carbocycles. The van der Waals surface area contributed by atoms with Gasteiger partial charge in [0.2, 0.25) is 5.95 Å². The van der Waals surface area contributed by atoms with Crippen molar-refractivity contribution in [1.82, 2.24) is 9.55 Å². The largest absolute Gasteiger partial charge is 0.384 e. The Hall–Kier alpha value is -1.85. The summed E-state index contributed by atoms with van der Waals surface area (Å²) in [5.41, 5.74) is 2.28. The standard InChI is InChI=1S/C15H21N3O2/c1-19-11-7-13-5-3-4-6-14(13)17-15-16-8-9-18(15)10-12-20-2/h3-6,8-9H,7,10-12H2,1-2H3,(H,16,17). The summed E-state index contributed by atoms with van der Waals surface area (Å²) in [5, 5.41) is 3.38. The molecule has 1 aromatic carbocycles. The molecule has 0 bridgehead atoms. The number of hydrogen-bond donors (Lipinski definition) is 1. The van der Waals surface area contributed by atoms with Crippen LogP contribution in [0.15, 0.2) is 36.7 Å². The fourth-order valence-electron chi connectivity index (χ4n) is 2.00. The van der Waals surface area contributed by atoms with Gasteiger partial charge < -0.3 is 19.4 Å². The lowest BCUT2D eigenvalue weighted by molar-refractivity contribution is 0.188. The molecule has 0 saturated carbocycles. The van der Waals surface area contributed by atoms with Crippen molar-refractivity contribution in [2.75, 3.05) is 32.8 Å². The van der Waals surface area contributed by atoms with Gasteiger partial charge in [0, 0.05) is 38.8 Å². The zero-order valence-corrected chi connectivity index (χ0v) is 12.0. The van der Waals surface area contributed by atoms with E-state index >= 15 is 0 Å². The first-order valence-electron chi connectivity index (χ1n) is 6.69. The van der Waals surface area contributed by atoms with Crippen molar-refractivity contribution in [3.05, 3.63) is 42.2 Å². The van der Waals surface area contributed by atoms with Crippen molar-refractivity contribution < 1.29 is 9.47 Å². The monoisotopic (exact) mass is 275 g/mol. The number of para-hydroxylation sites is 1. The summed E-state index contributed by atoms with van der Waals surface area (Å²) in [5.74, 6) is 0.826. The lowest BCUT2D eigenvalue weighted by atomic mass is 10.1. The van der Waals surface area contributed by atoms with E-state index in [0.717, 1.165) is 24.6 Å². The van der Waals surface area contributed by atoms with Crippen molar-refractivity contribution in [2.24, 2.45) is 0 Å².